The van der Waals surface area contributed by atoms with Gasteiger partial charge in [0, 0.05) is 18.5 Å². The predicted molar refractivity (Wildman–Crippen MR) is 115 cm³/mol. The molecule has 138 valence electrons. The fourth-order valence-corrected chi connectivity index (χ4v) is 3.16. The van der Waals surface area contributed by atoms with Crippen molar-refractivity contribution in [2.45, 2.75) is 26.9 Å². The van der Waals surface area contributed by atoms with Gasteiger partial charge in [0.1, 0.15) is 17.7 Å². The number of guanidine groups is 1. The molecule has 0 saturated carbocycles. The molecule has 0 radical (unpaired) electrons. The van der Waals surface area contributed by atoms with Crippen LogP contribution >= 0.6 is 35.3 Å². The van der Waals surface area contributed by atoms with Crippen molar-refractivity contribution in [3.8, 4) is 5.69 Å². The standard InChI is InChI=1S/C17H21N7S.HI/c1-12-13(2)25-16(23-12)9-21-17(18-3)20-8-14-4-6-15(7-5-14)24-11-19-10-22-24;/h4-7,10-11H,8-9H2,1-3H3,(H2,18,20,21);1H. The highest BCUT2D eigenvalue weighted by Crippen LogP contribution is 2.15. The van der Waals surface area contributed by atoms with Crippen LogP contribution in [0.2, 0.25) is 0 Å². The second kappa shape index (κ2) is 9.62. The monoisotopic (exact) mass is 483 g/mol. The number of aromatic nitrogens is 4. The molecule has 26 heavy (non-hydrogen) atoms. The van der Waals surface area contributed by atoms with E-state index in [1.165, 1.54) is 11.2 Å². The Kier molecular flexibility index (Phi) is 7.51. The van der Waals surface area contributed by atoms with E-state index in [1.54, 1.807) is 29.4 Å². The van der Waals surface area contributed by atoms with Gasteiger partial charge in [0.25, 0.3) is 0 Å². The Balaban J connectivity index is 0.00000243. The Labute approximate surface area is 174 Å². The number of hydrogen-bond acceptors (Lipinski definition) is 5. The normalized spacial score (nSPS) is 11.1. The number of aliphatic imine (C=N–C) groups is 1. The largest absolute Gasteiger partial charge is 0.352 e. The second-order valence-electron chi connectivity index (χ2n) is 5.54. The Morgan fingerprint density at radius 3 is 2.46 bits per heavy atom. The average Bonchev–Trinajstić information content (AvgIpc) is 3.26. The lowest BCUT2D eigenvalue weighted by Crippen LogP contribution is -2.36. The highest BCUT2D eigenvalue weighted by molar-refractivity contribution is 14.0. The molecule has 3 aromatic rings. The SMILES string of the molecule is CN=C(NCc1ccc(-n2cncn2)cc1)NCc1nc(C)c(C)s1.I. The number of halogens is 1. The minimum absolute atomic E-state index is 0. The summed E-state index contributed by atoms with van der Waals surface area (Å²) in [5.74, 6) is 0.755. The number of hydrogen-bond donors (Lipinski definition) is 2. The maximum absolute atomic E-state index is 4.53. The van der Waals surface area contributed by atoms with Gasteiger partial charge >= 0.3 is 0 Å². The Hall–Kier alpha value is -2.01. The van der Waals surface area contributed by atoms with Crippen LogP contribution in [0.1, 0.15) is 21.1 Å². The lowest BCUT2D eigenvalue weighted by molar-refractivity contribution is 0.802. The summed E-state index contributed by atoms with van der Waals surface area (Å²) in [5.41, 5.74) is 3.24. The number of benzene rings is 1. The van der Waals surface area contributed by atoms with Crippen LogP contribution in [0.4, 0.5) is 0 Å². The van der Waals surface area contributed by atoms with Gasteiger partial charge in [0.15, 0.2) is 5.96 Å². The number of nitrogens with one attached hydrogen (secondary N) is 2. The average molecular weight is 483 g/mol. The molecule has 0 unspecified atom stereocenters. The molecule has 0 atom stereocenters. The van der Waals surface area contributed by atoms with Crippen molar-refractivity contribution < 1.29 is 0 Å². The molecule has 1 aromatic carbocycles. The first-order chi connectivity index (χ1) is 12.2. The number of aryl methyl sites for hydroxylation is 2. The highest BCUT2D eigenvalue weighted by Gasteiger charge is 2.05. The van der Waals surface area contributed by atoms with Crippen LogP contribution in [0.3, 0.4) is 0 Å². The van der Waals surface area contributed by atoms with Crippen LogP contribution in [-0.4, -0.2) is 32.8 Å². The summed E-state index contributed by atoms with van der Waals surface area (Å²) in [6.45, 7) is 5.48. The van der Waals surface area contributed by atoms with Crippen LogP contribution in [0.25, 0.3) is 5.69 Å². The smallest absolute Gasteiger partial charge is 0.191 e. The zero-order valence-corrected chi connectivity index (χ0v) is 18.1. The number of nitrogens with zero attached hydrogens (tertiary/aromatic N) is 5. The molecule has 9 heteroatoms. The molecule has 2 N–H and O–H groups in total. The zero-order chi connectivity index (χ0) is 17.6. The van der Waals surface area contributed by atoms with Crippen molar-refractivity contribution in [2.75, 3.05) is 7.05 Å². The summed E-state index contributed by atoms with van der Waals surface area (Å²) in [4.78, 5) is 14.0. The summed E-state index contributed by atoms with van der Waals surface area (Å²) in [7, 11) is 1.77. The molecule has 7 nitrogen and oxygen atoms in total. The van der Waals surface area contributed by atoms with Gasteiger partial charge in [-0.1, -0.05) is 12.1 Å². The van der Waals surface area contributed by atoms with E-state index in [2.05, 4.69) is 49.7 Å². The molecule has 0 aliphatic heterocycles. The molecule has 0 bridgehead atoms. The first-order valence-electron chi connectivity index (χ1n) is 7.97. The van der Waals surface area contributed by atoms with Crippen LogP contribution in [0.15, 0.2) is 41.9 Å². The molecular weight excluding hydrogens is 461 g/mol. The van der Waals surface area contributed by atoms with Gasteiger partial charge in [-0.05, 0) is 31.5 Å². The van der Waals surface area contributed by atoms with Crippen molar-refractivity contribution in [1.29, 1.82) is 0 Å². The van der Waals surface area contributed by atoms with Crippen LogP contribution in [-0.2, 0) is 13.1 Å². The third-order valence-electron chi connectivity index (χ3n) is 3.78. The fourth-order valence-electron chi connectivity index (χ4n) is 2.29. The van der Waals surface area contributed by atoms with E-state index in [1.807, 2.05) is 19.1 Å². The van der Waals surface area contributed by atoms with Crippen molar-refractivity contribution in [3.05, 3.63) is 58.1 Å². The second-order valence-corrected chi connectivity index (χ2v) is 6.82. The van der Waals surface area contributed by atoms with E-state index in [9.17, 15) is 0 Å². The van der Waals surface area contributed by atoms with E-state index in [-0.39, 0.29) is 24.0 Å². The summed E-state index contributed by atoms with van der Waals surface area (Å²) < 4.78 is 1.73. The highest BCUT2D eigenvalue weighted by atomic mass is 127. The van der Waals surface area contributed by atoms with E-state index in [0.29, 0.717) is 13.1 Å². The molecule has 2 aromatic heterocycles. The zero-order valence-electron chi connectivity index (χ0n) is 14.9. The molecule has 0 saturated heterocycles. The van der Waals surface area contributed by atoms with Crippen molar-refractivity contribution in [3.63, 3.8) is 0 Å². The lowest BCUT2D eigenvalue weighted by Gasteiger charge is -2.11. The van der Waals surface area contributed by atoms with Crippen LogP contribution in [0, 0.1) is 13.8 Å². The van der Waals surface area contributed by atoms with Gasteiger partial charge in [-0.25, -0.2) is 14.6 Å². The van der Waals surface area contributed by atoms with Crippen molar-refractivity contribution in [2.24, 2.45) is 4.99 Å². The van der Waals surface area contributed by atoms with Crippen molar-refractivity contribution in [1.82, 2.24) is 30.4 Å². The maximum Gasteiger partial charge on any atom is 0.191 e. The molecule has 2 heterocycles. The molecule has 0 aliphatic carbocycles. The molecule has 0 spiro atoms. The van der Waals surface area contributed by atoms with Crippen LogP contribution in [0.5, 0.6) is 0 Å². The van der Waals surface area contributed by atoms with E-state index >= 15 is 0 Å². The summed E-state index contributed by atoms with van der Waals surface area (Å²) >= 11 is 1.71. The van der Waals surface area contributed by atoms with Gasteiger partial charge < -0.3 is 10.6 Å². The van der Waals surface area contributed by atoms with Gasteiger partial charge in [0.05, 0.1) is 17.9 Å². The Morgan fingerprint density at radius 2 is 1.88 bits per heavy atom. The van der Waals surface area contributed by atoms with Gasteiger partial charge in [0.2, 0.25) is 0 Å². The van der Waals surface area contributed by atoms with Crippen LogP contribution < -0.4 is 10.6 Å². The molecule has 0 aliphatic rings. The first-order valence-corrected chi connectivity index (χ1v) is 8.78. The molecule has 0 fully saturated rings. The summed E-state index contributed by atoms with van der Waals surface area (Å²) in [6.07, 6.45) is 3.21. The predicted octanol–water partition coefficient (Wildman–Crippen LogP) is 2.82. The first kappa shape index (κ1) is 20.3. The Bertz CT molecular complexity index is 821. The van der Waals surface area contributed by atoms with Crippen molar-refractivity contribution >= 4 is 41.3 Å². The van der Waals surface area contributed by atoms with Gasteiger partial charge in [-0.3, -0.25) is 4.99 Å². The van der Waals surface area contributed by atoms with Gasteiger partial charge in [-0.2, -0.15) is 5.10 Å². The third-order valence-corrected chi connectivity index (χ3v) is 4.86. The maximum atomic E-state index is 4.53. The summed E-state index contributed by atoms with van der Waals surface area (Å²) in [6, 6.07) is 8.15. The van der Waals surface area contributed by atoms with E-state index < -0.39 is 0 Å². The molecule has 0 amide bonds. The van der Waals surface area contributed by atoms with Gasteiger partial charge in [-0.15, -0.1) is 35.3 Å². The number of rotatable bonds is 5. The van der Waals surface area contributed by atoms with E-state index in [0.717, 1.165) is 27.9 Å². The topological polar surface area (TPSA) is 80.0 Å². The summed E-state index contributed by atoms with van der Waals surface area (Å²) in [5, 5.41) is 11.8. The third kappa shape index (κ3) is 5.24. The minimum Gasteiger partial charge on any atom is -0.352 e. The Morgan fingerprint density at radius 1 is 1.15 bits per heavy atom. The molecule has 3 rings (SSSR count). The fraction of sp³-hybridized carbons (Fsp3) is 0.294. The van der Waals surface area contributed by atoms with E-state index in [4.69, 9.17) is 0 Å². The quantitative estimate of drug-likeness (QED) is 0.332. The molecular formula is C17H22IN7S. The number of thiazole rings is 1. The lowest BCUT2D eigenvalue weighted by atomic mass is 10.2. The minimum atomic E-state index is 0.